The van der Waals surface area contributed by atoms with Crippen molar-refractivity contribution < 1.29 is 19.4 Å². The summed E-state index contributed by atoms with van der Waals surface area (Å²) in [4.78, 5) is 42.1. The summed E-state index contributed by atoms with van der Waals surface area (Å²) in [5, 5.41) is 25.8. The molecule has 0 saturated heterocycles. The Labute approximate surface area is 110 Å². The predicted molar refractivity (Wildman–Crippen MR) is 64.6 cm³/mol. The molecule has 102 valence electrons. The molecule has 0 saturated carbocycles. The lowest BCUT2D eigenvalue weighted by molar-refractivity contribution is -0.393. The molecule has 0 unspecified atom stereocenters. The third-order valence-corrected chi connectivity index (χ3v) is 2.41. The molecule has 2 rings (SSSR count). The summed E-state index contributed by atoms with van der Waals surface area (Å²) in [7, 11) is 0. The average molecular weight is 278 g/mol. The minimum Gasteiger partial charge on any atom is -0.345 e. The first kappa shape index (κ1) is 13.1. The van der Waals surface area contributed by atoms with E-state index in [-0.39, 0.29) is 11.4 Å². The fourth-order valence-electron chi connectivity index (χ4n) is 1.54. The number of carbonyl (C=O) groups is 2. The number of anilines is 1. The molecular formula is C10H6N4O6. The van der Waals surface area contributed by atoms with Crippen LogP contribution in [0.5, 0.6) is 0 Å². The zero-order valence-electron chi connectivity index (χ0n) is 9.65. The Bertz CT molecular complexity index is 680. The molecule has 20 heavy (non-hydrogen) atoms. The second-order valence-electron chi connectivity index (χ2n) is 3.72. The van der Waals surface area contributed by atoms with Crippen LogP contribution in [0, 0.1) is 20.2 Å². The molecular weight excluding hydrogens is 272 g/mol. The van der Waals surface area contributed by atoms with Gasteiger partial charge < -0.3 is 5.32 Å². The lowest BCUT2D eigenvalue weighted by Gasteiger charge is -2.05. The highest BCUT2D eigenvalue weighted by molar-refractivity contribution is 6.17. The molecule has 0 fully saturated rings. The van der Waals surface area contributed by atoms with Gasteiger partial charge in [0.1, 0.15) is 11.4 Å². The summed E-state index contributed by atoms with van der Waals surface area (Å²) in [6.07, 6.45) is 0.938. The number of nitro groups is 2. The number of hydrogen-bond acceptors (Lipinski definition) is 7. The standard InChI is InChI=1S/C10H6N4O6/c15-9-4-7(10(16)12-9)11-6-2-1-5(13(17)18)3-8(6)14(19)20/h1-4H,(H2,11,12,15,16). The van der Waals surface area contributed by atoms with Crippen molar-refractivity contribution in [1.82, 2.24) is 5.32 Å². The third kappa shape index (κ3) is 2.43. The maximum absolute atomic E-state index is 11.3. The van der Waals surface area contributed by atoms with Crippen LogP contribution in [0.15, 0.2) is 30.0 Å². The van der Waals surface area contributed by atoms with Gasteiger partial charge in [-0.1, -0.05) is 0 Å². The van der Waals surface area contributed by atoms with Crippen molar-refractivity contribution in [3.8, 4) is 0 Å². The fourth-order valence-corrected chi connectivity index (χ4v) is 1.54. The normalized spacial score (nSPS) is 13.7. The number of nitro benzene ring substituents is 2. The van der Waals surface area contributed by atoms with E-state index >= 15 is 0 Å². The second-order valence-corrected chi connectivity index (χ2v) is 3.72. The van der Waals surface area contributed by atoms with Crippen LogP contribution >= 0.6 is 0 Å². The molecule has 1 aromatic carbocycles. The van der Waals surface area contributed by atoms with Gasteiger partial charge in [-0.2, -0.15) is 0 Å². The van der Waals surface area contributed by atoms with Crippen molar-refractivity contribution >= 4 is 28.9 Å². The molecule has 0 atom stereocenters. The van der Waals surface area contributed by atoms with E-state index in [4.69, 9.17) is 0 Å². The SMILES string of the molecule is O=C1C=C(Nc2ccc([N+](=O)[O-])cc2[N+](=O)[O-])C(=O)N1. The molecule has 1 heterocycles. The summed E-state index contributed by atoms with van der Waals surface area (Å²) >= 11 is 0. The van der Waals surface area contributed by atoms with Crippen molar-refractivity contribution in [3.63, 3.8) is 0 Å². The zero-order chi connectivity index (χ0) is 14.9. The van der Waals surface area contributed by atoms with E-state index in [0.717, 1.165) is 24.3 Å². The topological polar surface area (TPSA) is 144 Å². The zero-order valence-corrected chi connectivity index (χ0v) is 9.65. The predicted octanol–water partition coefficient (Wildman–Crippen LogP) is 0.455. The van der Waals surface area contributed by atoms with Gasteiger partial charge in [0.05, 0.1) is 15.9 Å². The van der Waals surface area contributed by atoms with Gasteiger partial charge in [0.15, 0.2) is 0 Å². The Balaban J connectivity index is 2.39. The first-order valence-electron chi connectivity index (χ1n) is 5.15. The number of rotatable bonds is 4. The molecule has 1 aliphatic rings. The lowest BCUT2D eigenvalue weighted by Crippen LogP contribution is -2.24. The number of nitrogens with one attached hydrogen (secondary N) is 2. The van der Waals surface area contributed by atoms with Crippen molar-refractivity contribution in [2.24, 2.45) is 0 Å². The van der Waals surface area contributed by atoms with Crippen molar-refractivity contribution in [3.05, 3.63) is 50.2 Å². The Morgan fingerprint density at radius 1 is 1.10 bits per heavy atom. The average Bonchev–Trinajstić information content (AvgIpc) is 2.67. The summed E-state index contributed by atoms with van der Waals surface area (Å²) in [5.41, 5.74) is -1.33. The maximum Gasteiger partial charge on any atom is 0.299 e. The van der Waals surface area contributed by atoms with E-state index in [2.05, 4.69) is 5.32 Å². The number of hydrogen-bond donors (Lipinski definition) is 2. The molecule has 1 aliphatic heterocycles. The Hall–Kier alpha value is -3.30. The minimum atomic E-state index is -0.829. The van der Waals surface area contributed by atoms with E-state index in [1.54, 1.807) is 0 Å². The molecule has 0 bridgehead atoms. The summed E-state index contributed by atoms with van der Waals surface area (Å²) < 4.78 is 0. The quantitative estimate of drug-likeness (QED) is 0.462. The van der Waals surface area contributed by atoms with E-state index in [1.807, 2.05) is 5.32 Å². The van der Waals surface area contributed by atoms with Gasteiger partial charge in [-0.3, -0.25) is 35.1 Å². The van der Waals surface area contributed by atoms with Crippen molar-refractivity contribution in [2.75, 3.05) is 5.32 Å². The van der Waals surface area contributed by atoms with E-state index < -0.39 is 33.0 Å². The maximum atomic E-state index is 11.3. The van der Waals surface area contributed by atoms with E-state index in [9.17, 15) is 29.8 Å². The smallest absolute Gasteiger partial charge is 0.299 e. The molecule has 2 N–H and O–H groups in total. The number of non-ortho nitro benzene ring substituents is 1. The first-order chi connectivity index (χ1) is 9.38. The molecule has 0 aliphatic carbocycles. The minimum absolute atomic E-state index is 0.128. The lowest BCUT2D eigenvalue weighted by atomic mass is 10.2. The molecule has 10 nitrogen and oxygen atoms in total. The monoisotopic (exact) mass is 278 g/mol. The van der Waals surface area contributed by atoms with Gasteiger partial charge in [-0.05, 0) is 6.07 Å². The Morgan fingerprint density at radius 2 is 1.80 bits per heavy atom. The van der Waals surface area contributed by atoms with Crippen LogP contribution in [0.1, 0.15) is 0 Å². The largest absolute Gasteiger partial charge is 0.345 e. The molecule has 0 aromatic heterocycles. The highest BCUT2D eigenvalue weighted by atomic mass is 16.6. The number of amides is 2. The van der Waals surface area contributed by atoms with Crippen LogP contribution in [-0.4, -0.2) is 21.7 Å². The summed E-state index contributed by atoms with van der Waals surface area (Å²) in [6, 6.07) is 2.90. The first-order valence-corrected chi connectivity index (χ1v) is 5.15. The summed E-state index contributed by atoms with van der Waals surface area (Å²) in [5.74, 6) is -1.38. The van der Waals surface area contributed by atoms with Gasteiger partial charge >= 0.3 is 0 Å². The van der Waals surface area contributed by atoms with Crippen LogP contribution in [0.2, 0.25) is 0 Å². The summed E-state index contributed by atoms with van der Waals surface area (Å²) in [6.45, 7) is 0. The number of nitrogens with zero attached hydrogens (tertiary/aromatic N) is 2. The van der Waals surface area contributed by atoms with Crippen molar-refractivity contribution in [2.45, 2.75) is 0 Å². The van der Waals surface area contributed by atoms with Crippen LogP contribution in [0.3, 0.4) is 0 Å². The van der Waals surface area contributed by atoms with E-state index in [1.165, 1.54) is 0 Å². The van der Waals surface area contributed by atoms with Crippen LogP contribution in [0.25, 0.3) is 0 Å². The Morgan fingerprint density at radius 3 is 2.30 bits per heavy atom. The van der Waals surface area contributed by atoms with Crippen LogP contribution in [0.4, 0.5) is 17.1 Å². The van der Waals surface area contributed by atoms with Gasteiger partial charge in [0.25, 0.3) is 23.2 Å². The molecule has 1 aromatic rings. The van der Waals surface area contributed by atoms with Gasteiger partial charge in [0, 0.05) is 12.1 Å². The van der Waals surface area contributed by atoms with Gasteiger partial charge in [-0.15, -0.1) is 0 Å². The third-order valence-electron chi connectivity index (χ3n) is 2.41. The molecule has 0 radical (unpaired) electrons. The van der Waals surface area contributed by atoms with Gasteiger partial charge in [0.2, 0.25) is 0 Å². The van der Waals surface area contributed by atoms with Crippen molar-refractivity contribution in [1.29, 1.82) is 0 Å². The van der Waals surface area contributed by atoms with E-state index in [0.29, 0.717) is 0 Å². The molecule has 0 spiro atoms. The van der Waals surface area contributed by atoms with Crippen LogP contribution < -0.4 is 10.6 Å². The number of carbonyl (C=O) groups excluding carboxylic acids is 2. The molecule has 2 amide bonds. The molecule has 10 heteroatoms. The second kappa shape index (κ2) is 4.76. The number of imide groups is 1. The number of benzene rings is 1. The fraction of sp³-hybridized carbons (Fsp3) is 0. The van der Waals surface area contributed by atoms with Gasteiger partial charge in [-0.25, -0.2) is 0 Å². The van der Waals surface area contributed by atoms with Crippen LogP contribution in [-0.2, 0) is 9.59 Å². The highest BCUT2D eigenvalue weighted by Gasteiger charge is 2.25. The highest BCUT2D eigenvalue weighted by Crippen LogP contribution is 2.30. The Kier molecular flexibility index (Phi) is 3.13.